The first-order chi connectivity index (χ1) is 26.3. The van der Waals surface area contributed by atoms with E-state index in [1.165, 1.54) is 98.0 Å². The molecule has 0 N–H and O–H groups in total. The molecular weight excluding hydrogens is 671 g/mol. The Balaban J connectivity index is 1.08. The fourth-order valence-electron chi connectivity index (χ4n) is 9.67. The third-order valence-corrected chi connectivity index (χ3v) is 13.6. The van der Waals surface area contributed by atoms with Crippen molar-refractivity contribution in [3.63, 3.8) is 0 Å². The second kappa shape index (κ2) is 11.3. The van der Waals surface area contributed by atoms with Crippen molar-refractivity contribution in [2.24, 2.45) is 0 Å². The minimum Gasteiger partial charge on any atom is -0.310 e. The third-order valence-electron chi connectivity index (χ3n) is 12.5. The Morgan fingerprint density at radius 2 is 0.944 bits per heavy atom. The maximum atomic E-state index is 2.46. The quantitative estimate of drug-likeness (QED) is 0.176. The predicted octanol–water partition coefficient (Wildman–Crippen LogP) is 15.0. The van der Waals surface area contributed by atoms with Crippen LogP contribution in [0.4, 0.5) is 17.1 Å². The number of benzene rings is 8. The highest BCUT2D eigenvalue weighted by Crippen LogP contribution is 2.53. The van der Waals surface area contributed by atoms with Gasteiger partial charge in [-0.1, -0.05) is 137 Å². The molecule has 0 atom stereocenters. The second-order valence-electron chi connectivity index (χ2n) is 16.2. The van der Waals surface area contributed by atoms with E-state index in [-0.39, 0.29) is 10.8 Å². The molecule has 1 heterocycles. The van der Waals surface area contributed by atoms with Crippen LogP contribution in [-0.4, -0.2) is 0 Å². The largest absolute Gasteiger partial charge is 0.310 e. The highest BCUT2D eigenvalue weighted by molar-refractivity contribution is 7.26. The summed E-state index contributed by atoms with van der Waals surface area (Å²) in [7, 11) is 0. The van der Waals surface area contributed by atoms with Gasteiger partial charge in [-0.25, -0.2) is 0 Å². The van der Waals surface area contributed by atoms with Crippen molar-refractivity contribution in [1.82, 2.24) is 0 Å². The highest BCUT2D eigenvalue weighted by atomic mass is 32.1. The van der Waals surface area contributed by atoms with Crippen LogP contribution in [-0.2, 0) is 10.8 Å². The van der Waals surface area contributed by atoms with Gasteiger partial charge in [0.25, 0.3) is 0 Å². The Bertz CT molecular complexity index is 3000. The normalized spacial score (nSPS) is 14.6. The summed E-state index contributed by atoms with van der Waals surface area (Å²) in [5, 5.41) is 5.25. The maximum Gasteiger partial charge on any atom is 0.0468 e. The van der Waals surface area contributed by atoms with Gasteiger partial charge in [0.1, 0.15) is 0 Å². The molecule has 9 aromatic rings. The third kappa shape index (κ3) is 4.44. The minimum atomic E-state index is -0.0916. The number of hydrogen-bond donors (Lipinski definition) is 0. The molecule has 2 aliphatic rings. The first-order valence-corrected chi connectivity index (χ1v) is 19.8. The summed E-state index contributed by atoms with van der Waals surface area (Å²) in [5.74, 6) is 0. The van der Waals surface area contributed by atoms with E-state index in [4.69, 9.17) is 0 Å². The number of fused-ring (bicyclic) bond motifs is 10. The van der Waals surface area contributed by atoms with Crippen molar-refractivity contribution in [1.29, 1.82) is 0 Å². The monoisotopic (exact) mass is 709 g/mol. The van der Waals surface area contributed by atoms with E-state index in [1.54, 1.807) is 0 Å². The number of nitrogens with zero attached hydrogens (tertiary/aromatic N) is 1. The van der Waals surface area contributed by atoms with Crippen LogP contribution in [0.5, 0.6) is 0 Å². The topological polar surface area (TPSA) is 3.24 Å². The van der Waals surface area contributed by atoms with Gasteiger partial charge in [-0.05, 0) is 121 Å². The molecule has 258 valence electrons. The molecule has 0 saturated carbocycles. The molecule has 0 aliphatic heterocycles. The summed E-state index contributed by atoms with van der Waals surface area (Å²) in [6.07, 6.45) is 0. The van der Waals surface area contributed by atoms with Crippen LogP contribution in [0.2, 0.25) is 0 Å². The molecule has 1 nitrogen and oxygen atoms in total. The van der Waals surface area contributed by atoms with Gasteiger partial charge in [-0.3, -0.25) is 0 Å². The Morgan fingerprint density at radius 1 is 0.389 bits per heavy atom. The number of thiophene rings is 1. The fourth-order valence-corrected chi connectivity index (χ4v) is 10.8. The Morgan fingerprint density at radius 3 is 1.70 bits per heavy atom. The molecule has 1 aromatic heterocycles. The van der Waals surface area contributed by atoms with Gasteiger partial charge < -0.3 is 4.90 Å². The predicted molar refractivity (Wildman–Crippen MR) is 232 cm³/mol. The van der Waals surface area contributed by atoms with Crippen molar-refractivity contribution in [2.75, 3.05) is 4.90 Å². The first kappa shape index (κ1) is 31.6. The summed E-state index contributed by atoms with van der Waals surface area (Å²) in [6, 6.07) is 61.5. The summed E-state index contributed by atoms with van der Waals surface area (Å²) < 4.78 is 2.66. The van der Waals surface area contributed by atoms with Crippen LogP contribution in [0.15, 0.2) is 164 Å². The van der Waals surface area contributed by atoms with Crippen molar-refractivity contribution in [2.45, 2.75) is 38.5 Å². The zero-order chi connectivity index (χ0) is 36.3. The van der Waals surface area contributed by atoms with Crippen LogP contribution < -0.4 is 4.90 Å². The van der Waals surface area contributed by atoms with E-state index in [9.17, 15) is 0 Å². The zero-order valence-corrected chi connectivity index (χ0v) is 31.8. The summed E-state index contributed by atoms with van der Waals surface area (Å²) >= 11 is 1.89. The minimum absolute atomic E-state index is 0.0422. The average molecular weight is 710 g/mol. The van der Waals surface area contributed by atoms with Gasteiger partial charge in [0.2, 0.25) is 0 Å². The molecule has 2 heteroatoms. The van der Waals surface area contributed by atoms with E-state index >= 15 is 0 Å². The van der Waals surface area contributed by atoms with Crippen molar-refractivity contribution in [3.8, 4) is 33.4 Å². The average Bonchev–Trinajstić information content (AvgIpc) is 3.76. The lowest BCUT2D eigenvalue weighted by Gasteiger charge is -2.29. The standard InChI is InChI=1S/C52H39NS/c1-51(2)45-18-10-8-15-40(45)42-30-36(25-27-46(42)51)53(37-24-26-41-39-14-7-9-17-44(39)52(3,4)47(41)31-37)35-22-20-32(21-23-35)38-16-11-19-48-50(38)43-28-33-12-5-6-13-34(33)29-49(43)54-48/h5-31H,1-4H3. The van der Waals surface area contributed by atoms with Crippen LogP contribution in [0.3, 0.4) is 0 Å². The van der Waals surface area contributed by atoms with E-state index in [0.29, 0.717) is 0 Å². The maximum absolute atomic E-state index is 2.46. The van der Waals surface area contributed by atoms with Gasteiger partial charge in [-0.2, -0.15) is 0 Å². The van der Waals surface area contributed by atoms with Crippen LogP contribution in [0.25, 0.3) is 64.3 Å². The van der Waals surface area contributed by atoms with Gasteiger partial charge in [0, 0.05) is 48.1 Å². The summed E-state index contributed by atoms with van der Waals surface area (Å²) in [4.78, 5) is 2.46. The van der Waals surface area contributed by atoms with Gasteiger partial charge in [0.15, 0.2) is 0 Å². The molecule has 0 spiro atoms. The molecular formula is C52H39NS. The Labute approximate surface area is 320 Å². The smallest absolute Gasteiger partial charge is 0.0468 e. The van der Waals surface area contributed by atoms with E-state index in [1.807, 2.05) is 11.3 Å². The van der Waals surface area contributed by atoms with E-state index < -0.39 is 0 Å². The first-order valence-electron chi connectivity index (χ1n) is 19.0. The van der Waals surface area contributed by atoms with Gasteiger partial charge in [-0.15, -0.1) is 11.3 Å². The van der Waals surface area contributed by atoms with Crippen LogP contribution in [0, 0.1) is 0 Å². The number of rotatable bonds is 4. The van der Waals surface area contributed by atoms with Crippen molar-refractivity contribution in [3.05, 3.63) is 186 Å². The fraction of sp³-hybridized carbons (Fsp3) is 0.115. The Hall–Kier alpha value is -5.96. The lowest BCUT2D eigenvalue weighted by Crippen LogP contribution is -2.17. The van der Waals surface area contributed by atoms with Crippen LogP contribution >= 0.6 is 11.3 Å². The molecule has 0 bridgehead atoms. The van der Waals surface area contributed by atoms with Gasteiger partial charge >= 0.3 is 0 Å². The lowest BCUT2D eigenvalue weighted by atomic mass is 9.82. The molecule has 0 fully saturated rings. The van der Waals surface area contributed by atoms with E-state index in [0.717, 1.165) is 5.69 Å². The highest BCUT2D eigenvalue weighted by Gasteiger charge is 2.37. The molecule has 0 radical (unpaired) electrons. The zero-order valence-electron chi connectivity index (χ0n) is 30.9. The molecule has 0 unspecified atom stereocenters. The number of anilines is 3. The molecule has 54 heavy (non-hydrogen) atoms. The van der Waals surface area contributed by atoms with Crippen molar-refractivity contribution < 1.29 is 0 Å². The molecule has 2 aliphatic carbocycles. The van der Waals surface area contributed by atoms with E-state index in [2.05, 4.69) is 196 Å². The Kier molecular flexibility index (Phi) is 6.59. The van der Waals surface area contributed by atoms with Crippen molar-refractivity contribution >= 4 is 59.3 Å². The number of hydrogen-bond acceptors (Lipinski definition) is 2. The summed E-state index contributed by atoms with van der Waals surface area (Å²) in [5.41, 5.74) is 16.8. The second-order valence-corrected chi connectivity index (χ2v) is 17.2. The summed E-state index contributed by atoms with van der Waals surface area (Å²) in [6.45, 7) is 9.45. The van der Waals surface area contributed by atoms with Crippen LogP contribution in [0.1, 0.15) is 49.9 Å². The van der Waals surface area contributed by atoms with Gasteiger partial charge in [0.05, 0.1) is 0 Å². The molecule has 0 amide bonds. The lowest BCUT2D eigenvalue weighted by molar-refractivity contribution is 0.660. The SMILES string of the molecule is CC1(C)c2ccccc2-c2cc(N(c3ccc(-c4cccc5sc6cc7ccccc7cc6c45)cc3)c3ccc4c(c3)C(C)(C)c3ccccc3-4)ccc21. The molecule has 8 aromatic carbocycles. The molecule has 11 rings (SSSR count). The molecule has 0 saturated heterocycles.